The minimum absolute atomic E-state index is 0.0317. The molecule has 2 aromatic carbocycles. The monoisotopic (exact) mass is 376 g/mol. The molecule has 1 amide bonds. The van der Waals surface area contributed by atoms with E-state index in [1.165, 1.54) is 42.5 Å². The molecule has 1 aliphatic carbocycles. The first-order chi connectivity index (χ1) is 12.5. The van der Waals surface area contributed by atoms with Crippen LogP contribution < -0.4 is 10.0 Å². The van der Waals surface area contributed by atoms with Crippen LogP contribution >= 0.6 is 0 Å². The molecule has 1 fully saturated rings. The molecule has 0 radical (unpaired) electrons. The Morgan fingerprint density at radius 3 is 2.46 bits per heavy atom. The number of nitrogens with one attached hydrogen (secondary N) is 2. The number of benzene rings is 2. The van der Waals surface area contributed by atoms with E-state index in [0.717, 1.165) is 32.1 Å². The fourth-order valence-electron chi connectivity index (χ4n) is 3.07. The highest BCUT2D eigenvalue weighted by molar-refractivity contribution is 7.89. The highest BCUT2D eigenvalue weighted by Gasteiger charge is 2.22. The van der Waals surface area contributed by atoms with Crippen molar-refractivity contribution >= 4 is 21.6 Å². The summed E-state index contributed by atoms with van der Waals surface area (Å²) in [5, 5.41) is 2.46. The van der Waals surface area contributed by atoms with Crippen LogP contribution in [0.25, 0.3) is 0 Å². The second-order valence-electron chi connectivity index (χ2n) is 6.42. The lowest BCUT2D eigenvalue weighted by Gasteiger charge is -2.22. The number of amides is 1. The number of halogens is 1. The van der Waals surface area contributed by atoms with Crippen molar-refractivity contribution < 1.29 is 17.6 Å². The van der Waals surface area contributed by atoms with Crippen LogP contribution in [0.3, 0.4) is 0 Å². The maximum absolute atomic E-state index is 13.7. The summed E-state index contributed by atoms with van der Waals surface area (Å²) in [6, 6.07) is 11.5. The summed E-state index contributed by atoms with van der Waals surface area (Å²) < 4.78 is 41.6. The molecular weight excluding hydrogens is 355 g/mol. The molecule has 138 valence electrons. The molecule has 7 heteroatoms. The summed E-state index contributed by atoms with van der Waals surface area (Å²) in [6.45, 7) is 0. The number of para-hydroxylation sites is 1. The van der Waals surface area contributed by atoms with E-state index in [1.54, 1.807) is 6.07 Å². The molecule has 2 aromatic rings. The molecule has 0 saturated heterocycles. The fraction of sp³-hybridized carbons (Fsp3) is 0.316. The fourth-order valence-corrected chi connectivity index (χ4v) is 4.42. The number of carbonyl (C=O) groups excluding carboxylic acids is 1. The molecule has 0 aromatic heterocycles. The number of anilines is 1. The smallest absolute Gasteiger partial charge is 0.255 e. The summed E-state index contributed by atoms with van der Waals surface area (Å²) in [6.07, 6.45) is 4.81. The molecule has 3 rings (SSSR count). The van der Waals surface area contributed by atoms with E-state index < -0.39 is 21.7 Å². The Kier molecular flexibility index (Phi) is 5.68. The van der Waals surface area contributed by atoms with Gasteiger partial charge in [0.05, 0.1) is 10.6 Å². The zero-order chi connectivity index (χ0) is 18.6. The van der Waals surface area contributed by atoms with E-state index in [1.807, 2.05) is 0 Å². The molecule has 0 bridgehead atoms. The average Bonchev–Trinajstić information content (AvgIpc) is 2.64. The van der Waals surface area contributed by atoms with Crippen LogP contribution in [0, 0.1) is 5.82 Å². The first-order valence-electron chi connectivity index (χ1n) is 8.64. The number of sulfonamides is 1. The van der Waals surface area contributed by atoms with Crippen molar-refractivity contribution in [2.24, 2.45) is 0 Å². The highest BCUT2D eigenvalue weighted by atomic mass is 32.2. The molecule has 0 atom stereocenters. The normalized spacial score (nSPS) is 15.6. The number of hydrogen-bond donors (Lipinski definition) is 2. The largest absolute Gasteiger partial charge is 0.319 e. The predicted octanol–water partition coefficient (Wildman–Crippen LogP) is 3.69. The minimum atomic E-state index is -3.70. The van der Waals surface area contributed by atoms with Gasteiger partial charge in [-0.1, -0.05) is 37.5 Å². The second kappa shape index (κ2) is 7.97. The van der Waals surface area contributed by atoms with E-state index in [2.05, 4.69) is 10.0 Å². The SMILES string of the molecule is O=C(Nc1ccccc1F)c1cccc(S(=O)(=O)NC2CCCCC2)c1. The third-order valence-corrected chi connectivity index (χ3v) is 5.97. The number of hydrogen-bond acceptors (Lipinski definition) is 3. The first-order valence-corrected chi connectivity index (χ1v) is 10.1. The van der Waals surface area contributed by atoms with E-state index >= 15 is 0 Å². The van der Waals surface area contributed by atoms with Gasteiger partial charge in [-0.05, 0) is 43.2 Å². The standard InChI is InChI=1S/C19H21FN2O3S/c20-17-11-4-5-12-18(17)21-19(23)14-7-6-10-16(13-14)26(24,25)22-15-8-2-1-3-9-15/h4-7,10-13,15,22H,1-3,8-9H2,(H,21,23). The van der Waals surface area contributed by atoms with E-state index in [0.29, 0.717) is 0 Å². The van der Waals surface area contributed by atoms with Crippen molar-refractivity contribution in [3.8, 4) is 0 Å². The maximum atomic E-state index is 13.7. The summed E-state index contributed by atoms with van der Waals surface area (Å²) in [4.78, 5) is 12.4. The minimum Gasteiger partial charge on any atom is -0.319 e. The van der Waals surface area contributed by atoms with Gasteiger partial charge in [0.1, 0.15) is 5.82 Å². The Morgan fingerprint density at radius 2 is 1.73 bits per heavy atom. The van der Waals surface area contributed by atoms with E-state index in [-0.39, 0.29) is 22.2 Å². The molecule has 1 aliphatic rings. The predicted molar refractivity (Wildman–Crippen MR) is 98.0 cm³/mol. The summed E-state index contributed by atoms with van der Waals surface area (Å²) in [5.41, 5.74) is 0.200. The van der Waals surface area contributed by atoms with Gasteiger partial charge in [0.25, 0.3) is 5.91 Å². The van der Waals surface area contributed by atoms with Crippen LogP contribution in [0.1, 0.15) is 42.5 Å². The average molecular weight is 376 g/mol. The van der Waals surface area contributed by atoms with Crippen molar-refractivity contribution in [1.29, 1.82) is 0 Å². The van der Waals surface area contributed by atoms with Gasteiger partial charge in [0.15, 0.2) is 0 Å². The Labute approximate surface area is 152 Å². The molecule has 0 heterocycles. The van der Waals surface area contributed by atoms with Gasteiger partial charge in [0, 0.05) is 11.6 Å². The Balaban J connectivity index is 1.76. The lowest BCUT2D eigenvalue weighted by molar-refractivity contribution is 0.102. The van der Waals surface area contributed by atoms with Crippen molar-refractivity contribution in [1.82, 2.24) is 4.72 Å². The van der Waals surface area contributed by atoms with Gasteiger partial charge in [-0.2, -0.15) is 0 Å². The zero-order valence-electron chi connectivity index (χ0n) is 14.2. The topological polar surface area (TPSA) is 75.3 Å². The van der Waals surface area contributed by atoms with Crippen molar-refractivity contribution in [3.63, 3.8) is 0 Å². The summed E-state index contributed by atoms with van der Waals surface area (Å²) >= 11 is 0. The van der Waals surface area contributed by atoms with Crippen molar-refractivity contribution in [3.05, 3.63) is 59.9 Å². The van der Waals surface area contributed by atoms with Gasteiger partial charge in [0.2, 0.25) is 10.0 Å². The molecular formula is C19H21FN2O3S. The van der Waals surface area contributed by atoms with Crippen molar-refractivity contribution in [2.75, 3.05) is 5.32 Å². The highest BCUT2D eigenvalue weighted by Crippen LogP contribution is 2.21. The van der Waals surface area contributed by atoms with Gasteiger partial charge < -0.3 is 5.32 Å². The number of rotatable bonds is 5. The van der Waals surface area contributed by atoms with Gasteiger partial charge >= 0.3 is 0 Å². The lowest BCUT2D eigenvalue weighted by atomic mass is 9.96. The molecule has 0 unspecified atom stereocenters. The van der Waals surface area contributed by atoms with Gasteiger partial charge in [-0.25, -0.2) is 17.5 Å². The van der Waals surface area contributed by atoms with Crippen LogP contribution in [-0.4, -0.2) is 20.4 Å². The quantitative estimate of drug-likeness (QED) is 0.836. The van der Waals surface area contributed by atoms with Crippen LogP contribution in [0.4, 0.5) is 10.1 Å². The molecule has 0 spiro atoms. The Bertz CT molecular complexity index is 893. The third kappa shape index (κ3) is 4.47. The van der Waals surface area contributed by atoms with Crippen LogP contribution in [-0.2, 0) is 10.0 Å². The van der Waals surface area contributed by atoms with Crippen LogP contribution in [0.2, 0.25) is 0 Å². The molecule has 2 N–H and O–H groups in total. The molecule has 0 aliphatic heterocycles. The molecule has 5 nitrogen and oxygen atoms in total. The summed E-state index contributed by atoms with van der Waals surface area (Å²) in [7, 11) is -3.70. The third-order valence-electron chi connectivity index (χ3n) is 4.46. The van der Waals surface area contributed by atoms with E-state index in [9.17, 15) is 17.6 Å². The molecule has 26 heavy (non-hydrogen) atoms. The van der Waals surface area contributed by atoms with Crippen molar-refractivity contribution in [2.45, 2.75) is 43.0 Å². The van der Waals surface area contributed by atoms with Gasteiger partial charge in [-0.3, -0.25) is 4.79 Å². The molecule has 1 saturated carbocycles. The lowest BCUT2D eigenvalue weighted by Crippen LogP contribution is -2.36. The van der Waals surface area contributed by atoms with Crippen LogP contribution in [0.5, 0.6) is 0 Å². The Morgan fingerprint density at radius 1 is 1.00 bits per heavy atom. The van der Waals surface area contributed by atoms with Gasteiger partial charge in [-0.15, -0.1) is 0 Å². The zero-order valence-corrected chi connectivity index (χ0v) is 15.1. The first kappa shape index (κ1) is 18.5. The second-order valence-corrected chi connectivity index (χ2v) is 8.13. The summed E-state index contributed by atoms with van der Waals surface area (Å²) in [5.74, 6) is -1.12. The number of carbonyl (C=O) groups is 1. The van der Waals surface area contributed by atoms with E-state index in [4.69, 9.17) is 0 Å². The van der Waals surface area contributed by atoms with Crippen LogP contribution in [0.15, 0.2) is 53.4 Å². The Hall–Kier alpha value is -2.25. The maximum Gasteiger partial charge on any atom is 0.255 e.